The van der Waals surface area contributed by atoms with E-state index in [-0.39, 0.29) is 11.8 Å². The van der Waals surface area contributed by atoms with Crippen molar-refractivity contribution < 1.29 is 9.59 Å². The number of hydrogen-bond acceptors (Lipinski definition) is 3. The molecule has 0 atom stereocenters. The van der Waals surface area contributed by atoms with Crippen LogP contribution in [-0.4, -0.2) is 45.8 Å². The highest BCUT2D eigenvalue weighted by Gasteiger charge is 2.25. The number of amides is 2. The number of aryl methyl sites for hydroxylation is 1. The summed E-state index contributed by atoms with van der Waals surface area (Å²) in [7, 11) is 0. The zero-order valence-corrected chi connectivity index (χ0v) is 18.3. The van der Waals surface area contributed by atoms with E-state index in [1.807, 2.05) is 41.3 Å². The Morgan fingerprint density at radius 1 is 1.00 bits per heavy atom. The number of aromatic amines is 1. The molecular weight excluding hydrogens is 400 g/mol. The average molecular weight is 431 g/mol. The van der Waals surface area contributed by atoms with Crippen molar-refractivity contribution in [3.63, 3.8) is 0 Å². The Morgan fingerprint density at radius 3 is 2.47 bits per heavy atom. The smallest absolute Gasteiger partial charge is 0.251 e. The van der Waals surface area contributed by atoms with Gasteiger partial charge in [-0.1, -0.05) is 24.3 Å². The normalized spacial score (nSPS) is 16.9. The molecule has 1 aromatic heterocycles. The number of nitrogens with one attached hydrogen (secondary N) is 2. The van der Waals surface area contributed by atoms with Gasteiger partial charge < -0.3 is 15.2 Å². The third-order valence-corrected chi connectivity index (χ3v) is 6.63. The van der Waals surface area contributed by atoms with Crippen LogP contribution < -0.4 is 5.32 Å². The maximum absolute atomic E-state index is 12.7. The molecule has 6 heteroatoms. The molecular formula is C26H30N4O2. The molecule has 1 saturated carbocycles. The summed E-state index contributed by atoms with van der Waals surface area (Å²) in [6.45, 7) is 1.65. The van der Waals surface area contributed by atoms with E-state index in [2.05, 4.69) is 27.4 Å². The minimum Gasteiger partial charge on any atom is -0.349 e. The van der Waals surface area contributed by atoms with Gasteiger partial charge in [0.1, 0.15) is 5.82 Å². The Hall–Kier alpha value is -3.15. The van der Waals surface area contributed by atoms with E-state index in [1.165, 1.54) is 5.56 Å². The summed E-state index contributed by atoms with van der Waals surface area (Å²) in [5.74, 6) is 1.72. The van der Waals surface area contributed by atoms with Gasteiger partial charge in [-0.05, 0) is 67.9 Å². The van der Waals surface area contributed by atoms with Gasteiger partial charge in [-0.2, -0.15) is 0 Å². The number of aromatic nitrogens is 2. The number of imidazole rings is 1. The molecule has 2 fully saturated rings. The van der Waals surface area contributed by atoms with Crippen molar-refractivity contribution in [1.82, 2.24) is 20.2 Å². The van der Waals surface area contributed by atoms with Gasteiger partial charge in [0, 0.05) is 37.5 Å². The van der Waals surface area contributed by atoms with Crippen LogP contribution >= 0.6 is 0 Å². The van der Waals surface area contributed by atoms with Crippen LogP contribution in [0.5, 0.6) is 0 Å². The summed E-state index contributed by atoms with van der Waals surface area (Å²) in [5, 5.41) is 3.03. The van der Waals surface area contributed by atoms with E-state index in [1.54, 1.807) is 0 Å². The molecule has 1 aliphatic heterocycles. The van der Waals surface area contributed by atoms with Crippen molar-refractivity contribution in [1.29, 1.82) is 0 Å². The molecule has 1 saturated heterocycles. The number of hydrogen-bond donors (Lipinski definition) is 2. The lowest BCUT2D eigenvalue weighted by Crippen LogP contribution is -2.39. The second kappa shape index (κ2) is 9.15. The lowest BCUT2D eigenvalue weighted by molar-refractivity contribution is -0.132. The number of likely N-dealkylation sites (tertiary alicyclic amines) is 1. The van der Waals surface area contributed by atoms with Gasteiger partial charge in [-0.15, -0.1) is 0 Å². The Balaban J connectivity index is 1.06. The van der Waals surface area contributed by atoms with Gasteiger partial charge in [0.05, 0.1) is 11.0 Å². The lowest BCUT2D eigenvalue weighted by atomic mass is 9.89. The standard InChI is InChI=1S/C26H30N4O2/c31-25(12-11-24-28-22-3-1-2-4-23(22)29-24)30-15-13-19(14-16-30)17-18-5-7-20(8-6-18)26(32)27-21-9-10-21/h1-8,19,21H,9-17H2,(H,27,32)(H,28,29). The van der Waals surface area contributed by atoms with Crippen molar-refractivity contribution in [2.75, 3.05) is 13.1 Å². The number of carbonyl (C=O) groups excluding carboxylic acids is 2. The van der Waals surface area contributed by atoms with Gasteiger partial charge in [-0.25, -0.2) is 4.98 Å². The minimum absolute atomic E-state index is 0.0357. The summed E-state index contributed by atoms with van der Waals surface area (Å²) in [5.41, 5.74) is 3.98. The fraction of sp³-hybridized carbons (Fsp3) is 0.423. The first kappa shape index (κ1) is 20.7. The maximum Gasteiger partial charge on any atom is 0.251 e. The Bertz CT molecular complexity index is 1060. The molecule has 166 valence electrons. The number of benzene rings is 2. The number of nitrogens with zero attached hydrogens (tertiary/aromatic N) is 2. The summed E-state index contributed by atoms with van der Waals surface area (Å²) in [4.78, 5) is 34.7. The SMILES string of the molecule is O=C(NC1CC1)c1ccc(CC2CCN(C(=O)CCc3nc4ccccc4[nH]3)CC2)cc1. The van der Waals surface area contributed by atoms with Gasteiger partial charge in [0.25, 0.3) is 5.91 Å². The van der Waals surface area contributed by atoms with Crippen molar-refractivity contribution >= 4 is 22.8 Å². The van der Waals surface area contributed by atoms with Gasteiger partial charge in [0.15, 0.2) is 0 Å². The van der Waals surface area contributed by atoms with E-state index in [0.717, 1.165) is 67.6 Å². The highest BCUT2D eigenvalue weighted by atomic mass is 16.2. The van der Waals surface area contributed by atoms with Crippen LogP contribution in [0.3, 0.4) is 0 Å². The first-order valence-electron chi connectivity index (χ1n) is 11.8. The number of piperidine rings is 1. The van der Waals surface area contributed by atoms with Crippen LogP contribution in [0, 0.1) is 5.92 Å². The van der Waals surface area contributed by atoms with E-state index < -0.39 is 0 Å². The average Bonchev–Trinajstić information content (AvgIpc) is 3.53. The molecule has 2 aromatic carbocycles. The molecule has 2 N–H and O–H groups in total. The molecule has 6 nitrogen and oxygen atoms in total. The topological polar surface area (TPSA) is 78.1 Å². The molecule has 5 rings (SSSR count). The van der Waals surface area contributed by atoms with Gasteiger partial charge in [-0.3, -0.25) is 9.59 Å². The van der Waals surface area contributed by atoms with Crippen LogP contribution in [0.15, 0.2) is 48.5 Å². The summed E-state index contributed by atoms with van der Waals surface area (Å²) in [6.07, 6.45) is 6.41. The van der Waals surface area contributed by atoms with Crippen LogP contribution in [-0.2, 0) is 17.6 Å². The van der Waals surface area contributed by atoms with Crippen LogP contribution in [0.1, 0.15) is 53.8 Å². The van der Waals surface area contributed by atoms with E-state index in [9.17, 15) is 9.59 Å². The van der Waals surface area contributed by atoms with Gasteiger partial charge in [0.2, 0.25) is 5.91 Å². The first-order chi connectivity index (χ1) is 15.6. The fourth-order valence-corrected chi connectivity index (χ4v) is 4.52. The maximum atomic E-state index is 12.7. The lowest BCUT2D eigenvalue weighted by Gasteiger charge is -2.32. The summed E-state index contributed by atoms with van der Waals surface area (Å²) < 4.78 is 0. The third kappa shape index (κ3) is 5.01. The zero-order chi connectivity index (χ0) is 21.9. The molecule has 2 heterocycles. The molecule has 32 heavy (non-hydrogen) atoms. The molecule has 0 bridgehead atoms. The van der Waals surface area contributed by atoms with Crippen molar-refractivity contribution in [2.45, 2.75) is 51.0 Å². The molecule has 2 aliphatic rings. The van der Waals surface area contributed by atoms with E-state index in [4.69, 9.17) is 0 Å². The number of carbonyl (C=O) groups is 2. The summed E-state index contributed by atoms with van der Waals surface area (Å²) in [6, 6.07) is 16.4. The van der Waals surface area contributed by atoms with E-state index >= 15 is 0 Å². The number of fused-ring (bicyclic) bond motifs is 1. The predicted octanol–water partition coefficient (Wildman–Crippen LogP) is 3.87. The van der Waals surface area contributed by atoms with Crippen molar-refractivity contribution in [2.24, 2.45) is 5.92 Å². The molecule has 0 unspecified atom stereocenters. The second-order valence-corrected chi connectivity index (χ2v) is 9.17. The van der Waals surface area contributed by atoms with Gasteiger partial charge >= 0.3 is 0 Å². The Kier molecular flexibility index (Phi) is 5.93. The number of rotatable bonds is 7. The highest BCUT2D eigenvalue weighted by Crippen LogP contribution is 2.23. The predicted molar refractivity (Wildman–Crippen MR) is 124 cm³/mol. The molecule has 3 aromatic rings. The van der Waals surface area contributed by atoms with Crippen molar-refractivity contribution in [3.05, 3.63) is 65.5 Å². The van der Waals surface area contributed by atoms with Crippen molar-refractivity contribution in [3.8, 4) is 0 Å². The molecule has 0 radical (unpaired) electrons. The van der Waals surface area contributed by atoms with Crippen LogP contribution in [0.2, 0.25) is 0 Å². The Morgan fingerprint density at radius 2 is 1.75 bits per heavy atom. The molecule has 0 spiro atoms. The highest BCUT2D eigenvalue weighted by molar-refractivity contribution is 5.94. The van der Waals surface area contributed by atoms with Crippen LogP contribution in [0.25, 0.3) is 11.0 Å². The van der Waals surface area contributed by atoms with E-state index in [0.29, 0.717) is 24.8 Å². The fourth-order valence-electron chi connectivity index (χ4n) is 4.52. The molecule has 1 aliphatic carbocycles. The number of H-pyrrole nitrogens is 1. The second-order valence-electron chi connectivity index (χ2n) is 9.17. The first-order valence-corrected chi connectivity index (χ1v) is 11.8. The molecule has 2 amide bonds. The monoisotopic (exact) mass is 430 g/mol. The minimum atomic E-state index is 0.0357. The Labute approximate surface area is 188 Å². The number of para-hydroxylation sites is 2. The third-order valence-electron chi connectivity index (χ3n) is 6.63. The largest absolute Gasteiger partial charge is 0.349 e. The zero-order valence-electron chi connectivity index (χ0n) is 18.3. The summed E-state index contributed by atoms with van der Waals surface area (Å²) >= 11 is 0. The van der Waals surface area contributed by atoms with Crippen LogP contribution in [0.4, 0.5) is 0 Å². The quantitative estimate of drug-likeness (QED) is 0.597.